The van der Waals surface area contributed by atoms with Crippen molar-refractivity contribution >= 4 is 21.9 Å². The van der Waals surface area contributed by atoms with Gasteiger partial charge in [-0.2, -0.15) is 4.98 Å². The number of nitrogens with one attached hydrogen (secondary N) is 1. The van der Waals surface area contributed by atoms with Crippen LogP contribution in [0.4, 0.5) is 5.95 Å². The van der Waals surface area contributed by atoms with E-state index >= 15 is 0 Å². The normalized spacial score (nSPS) is 16.3. The van der Waals surface area contributed by atoms with Gasteiger partial charge < -0.3 is 14.4 Å². The Bertz CT molecular complexity index is 1910. The van der Waals surface area contributed by atoms with Crippen molar-refractivity contribution in [1.29, 1.82) is 0 Å². The second-order valence-electron chi connectivity index (χ2n) is 13.9. The van der Waals surface area contributed by atoms with Crippen molar-refractivity contribution in [1.82, 2.24) is 24.8 Å². The monoisotopic (exact) mass is 672 g/mol. The first-order chi connectivity index (χ1) is 22.6. The van der Waals surface area contributed by atoms with Gasteiger partial charge in [-0.1, -0.05) is 58.9 Å². The molecule has 0 radical (unpaired) electrons. The highest BCUT2D eigenvalue weighted by Crippen LogP contribution is 2.36. The lowest BCUT2D eigenvalue weighted by Gasteiger charge is -2.35. The molecule has 1 atom stereocenters. The van der Waals surface area contributed by atoms with E-state index in [0.717, 1.165) is 23.1 Å². The van der Waals surface area contributed by atoms with Crippen LogP contribution < -0.4 is 14.2 Å². The molecule has 1 N–H and O–H groups in total. The van der Waals surface area contributed by atoms with Crippen LogP contribution in [0.3, 0.4) is 0 Å². The van der Waals surface area contributed by atoms with Gasteiger partial charge in [-0.15, -0.1) is 0 Å². The predicted molar refractivity (Wildman–Crippen MR) is 185 cm³/mol. The van der Waals surface area contributed by atoms with E-state index in [1.165, 1.54) is 19.2 Å². The number of anilines is 1. The Kier molecular flexibility index (Phi) is 10.0. The Balaban J connectivity index is 1.70. The quantitative estimate of drug-likeness (QED) is 0.237. The molecule has 0 spiro atoms. The number of sulfonamides is 1. The maximum absolute atomic E-state index is 14.3. The summed E-state index contributed by atoms with van der Waals surface area (Å²) in [5.41, 5.74) is 4.26. The maximum Gasteiger partial charge on any atom is 0.264 e. The molecule has 0 fully saturated rings. The van der Waals surface area contributed by atoms with Gasteiger partial charge >= 0.3 is 0 Å². The number of fused-ring (bicyclic) bond motifs is 4. The van der Waals surface area contributed by atoms with E-state index in [0.29, 0.717) is 35.2 Å². The summed E-state index contributed by atoms with van der Waals surface area (Å²) in [6.45, 7) is 14.6. The molecule has 48 heavy (non-hydrogen) atoms. The number of nitrogens with zero attached hydrogens (tertiary/aromatic N) is 5. The molecule has 11 nitrogen and oxygen atoms in total. The van der Waals surface area contributed by atoms with Gasteiger partial charge in [-0.25, -0.2) is 28.1 Å². The SMILES string of the molecule is COc1cnc(CN2C(=O)c3cccc(c3)S(=O)(=O)Nc3nc(c(C)c(-c4c(C)cccc4CC(C)C)n3)OC[C@H]2CC(C)(C)C)nc1. The highest BCUT2D eigenvalue weighted by Gasteiger charge is 2.32. The van der Waals surface area contributed by atoms with Gasteiger partial charge in [0.25, 0.3) is 15.9 Å². The zero-order chi connectivity index (χ0) is 34.8. The number of hydrogen-bond donors (Lipinski definition) is 1. The highest BCUT2D eigenvalue weighted by atomic mass is 32.2. The van der Waals surface area contributed by atoms with E-state index < -0.39 is 16.1 Å². The van der Waals surface area contributed by atoms with Gasteiger partial charge in [0.2, 0.25) is 11.8 Å². The van der Waals surface area contributed by atoms with Crippen molar-refractivity contribution in [2.75, 3.05) is 18.4 Å². The fraction of sp³-hybridized carbons (Fsp3) is 0.417. The number of ether oxygens (including phenoxy) is 2. The number of rotatable bonds is 7. The fourth-order valence-electron chi connectivity index (χ4n) is 5.93. The number of benzene rings is 2. The number of aromatic nitrogens is 4. The summed E-state index contributed by atoms with van der Waals surface area (Å²) < 4.78 is 41.9. The highest BCUT2D eigenvalue weighted by molar-refractivity contribution is 7.92. The van der Waals surface area contributed by atoms with Gasteiger partial charge in [0.05, 0.1) is 42.7 Å². The molecule has 254 valence electrons. The summed E-state index contributed by atoms with van der Waals surface area (Å²) in [5, 5.41) is 0. The summed E-state index contributed by atoms with van der Waals surface area (Å²) in [7, 11) is -2.67. The molecule has 12 heteroatoms. The largest absolute Gasteiger partial charge is 0.494 e. The third-order valence-corrected chi connectivity index (χ3v) is 9.46. The van der Waals surface area contributed by atoms with Crippen LogP contribution in [0, 0.1) is 25.2 Å². The molecule has 1 aliphatic heterocycles. The molecule has 0 unspecified atom stereocenters. The van der Waals surface area contributed by atoms with Crippen molar-refractivity contribution in [3.63, 3.8) is 0 Å². The smallest absolute Gasteiger partial charge is 0.264 e. The molecule has 0 aliphatic carbocycles. The molecule has 0 saturated carbocycles. The number of carbonyl (C=O) groups excluding carboxylic acids is 1. The molecular formula is C36H44N6O5S. The van der Waals surface area contributed by atoms with Crippen molar-refractivity contribution in [3.05, 3.63) is 82.9 Å². The van der Waals surface area contributed by atoms with Crippen molar-refractivity contribution in [3.8, 4) is 22.9 Å². The van der Waals surface area contributed by atoms with Gasteiger partial charge in [-0.3, -0.25) is 4.79 Å². The molecule has 5 rings (SSSR count). The average molecular weight is 673 g/mol. The first-order valence-electron chi connectivity index (χ1n) is 16.0. The summed E-state index contributed by atoms with van der Waals surface area (Å²) in [5.74, 6) is 1.01. The van der Waals surface area contributed by atoms with Crippen LogP contribution in [0.25, 0.3) is 11.3 Å². The van der Waals surface area contributed by atoms with Crippen molar-refractivity contribution < 1.29 is 22.7 Å². The first kappa shape index (κ1) is 34.7. The van der Waals surface area contributed by atoms with E-state index in [9.17, 15) is 13.2 Å². The number of methoxy groups -OCH3 is 1. The Morgan fingerprint density at radius 1 is 1.06 bits per heavy atom. The van der Waals surface area contributed by atoms with Crippen LogP contribution in [0.15, 0.2) is 59.8 Å². The molecule has 0 saturated heterocycles. The zero-order valence-corrected chi connectivity index (χ0v) is 29.7. The lowest BCUT2D eigenvalue weighted by atomic mass is 9.87. The molecule has 3 heterocycles. The molecule has 4 aromatic rings. The van der Waals surface area contributed by atoms with E-state index in [1.54, 1.807) is 29.4 Å². The Hall–Kier alpha value is -4.58. The van der Waals surface area contributed by atoms with E-state index in [-0.39, 0.29) is 46.8 Å². The molecule has 2 aromatic heterocycles. The van der Waals surface area contributed by atoms with Gasteiger partial charge in [0, 0.05) is 16.7 Å². The maximum atomic E-state index is 14.3. The van der Waals surface area contributed by atoms with Crippen LogP contribution in [-0.2, 0) is 23.0 Å². The number of carbonyl (C=O) groups is 1. The van der Waals surface area contributed by atoms with Crippen LogP contribution in [0.2, 0.25) is 0 Å². The van der Waals surface area contributed by atoms with Crippen molar-refractivity contribution in [2.45, 2.75) is 78.8 Å². The van der Waals surface area contributed by atoms with Gasteiger partial charge in [0.15, 0.2) is 5.75 Å². The minimum Gasteiger partial charge on any atom is -0.494 e. The molecule has 2 aromatic carbocycles. The van der Waals surface area contributed by atoms with E-state index in [1.807, 2.05) is 26.0 Å². The topological polar surface area (TPSA) is 136 Å². The molecule has 1 aliphatic rings. The Labute approximate surface area is 283 Å². The second-order valence-corrected chi connectivity index (χ2v) is 15.6. The number of hydrogen-bond acceptors (Lipinski definition) is 9. The molecular weight excluding hydrogens is 629 g/mol. The zero-order valence-electron chi connectivity index (χ0n) is 28.9. The number of aryl methyl sites for hydroxylation is 1. The van der Waals surface area contributed by atoms with Gasteiger partial charge in [0.1, 0.15) is 12.4 Å². The van der Waals surface area contributed by atoms with Crippen molar-refractivity contribution in [2.24, 2.45) is 11.3 Å². The second kappa shape index (κ2) is 13.9. The third-order valence-electron chi connectivity index (χ3n) is 8.13. The van der Waals surface area contributed by atoms with E-state index in [4.69, 9.17) is 14.5 Å². The summed E-state index contributed by atoms with van der Waals surface area (Å²) >= 11 is 0. The molecule has 1 amide bonds. The van der Waals surface area contributed by atoms with Crippen LogP contribution in [-0.4, -0.2) is 58.9 Å². The standard InChI is InChI=1S/C36H44N6O5S/c1-22(2)15-25-12-9-11-23(3)31(25)32-24(4)33-40-35(39-32)41-48(44,45)29-14-10-13-26(16-29)34(43)42(27(21-47-33)17-36(5,6)7)20-30-37-18-28(46-8)19-38-30/h9-14,16,18-19,22,27H,15,17,20-21H2,1-8H3,(H,39,40,41)/t27-/m1/s1. The summed E-state index contributed by atoms with van der Waals surface area (Å²) in [4.78, 5) is 34.1. The minimum absolute atomic E-state index is 0.0587. The summed E-state index contributed by atoms with van der Waals surface area (Å²) in [6.07, 6.45) is 4.47. The average Bonchev–Trinajstić information content (AvgIpc) is 3.02. The van der Waals surface area contributed by atoms with Gasteiger partial charge in [-0.05, 0) is 67.3 Å². The Morgan fingerprint density at radius 2 is 1.77 bits per heavy atom. The molecule has 4 bridgehead atoms. The fourth-order valence-corrected chi connectivity index (χ4v) is 6.92. The van der Waals surface area contributed by atoms with E-state index in [2.05, 4.69) is 60.4 Å². The first-order valence-corrected chi connectivity index (χ1v) is 17.5. The number of amides is 1. The predicted octanol–water partition coefficient (Wildman–Crippen LogP) is 6.40. The third kappa shape index (κ3) is 7.92. The van der Waals surface area contributed by atoms with Crippen LogP contribution >= 0.6 is 0 Å². The Morgan fingerprint density at radius 3 is 2.44 bits per heavy atom. The minimum atomic E-state index is -4.20. The van der Waals surface area contributed by atoms with Crippen LogP contribution in [0.5, 0.6) is 11.6 Å². The summed E-state index contributed by atoms with van der Waals surface area (Å²) in [6, 6.07) is 11.6. The lowest BCUT2D eigenvalue weighted by molar-refractivity contribution is 0.0504. The lowest BCUT2D eigenvalue weighted by Crippen LogP contribution is -2.45. The van der Waals surface area contributed by atoms with Crippen LogP contribution in [0.1, 0.15) is 73.9 Å².